The first-order chi connectivity index (χ1) is 9.54. The van der Waals surface area contributed by atoms with Crippen LogP contribution in [0.4, 0.5) is 5.69 Å². The lowest BCUT2D eigenvalue weighted by molar-refractivity contribution is 0.0879. The minimum Gasteiger partial charge on any atom is -0.382 e. The van der Waals surface area contributed by atoms with E-state index in [1.165, 1.54) is 0 Å². The van der Waals surface area contributed by atoms with E-state index in [-0.39, 0.29) is 11.8 Å². The van der Waals surface area contributed by atoms with Crippen molar-refractivity contribution >= 4 is 17.5 Å². The van der Waals surface area contributed by atoms with Crippen LogP contribution in [-0.4, -0.2) is 42.4 Å². The van der Waals surface area contributed by atoms with Crippen molar-refractivity contribution in [3.8, 4) is 0 Å². The lowest BCUT2D eigenvalue weighted by Gasteiger charge is -2.35. The minimum atomic E-state index is -0.301. The zero-order chi connectivity index (χ0) is 14.3. The summed E-state index contributed by atoms with van der Waals surface area (Å²) in [6.07, 6.45) is 2.17. The van der Waals surface area contributed by atoms with Gasteiger partial charge in [0.05, 0.1) is 11.1 Å². The number of nitrogens with zero attached hydrogens (tertiary/aromatic N) is 1. The van der Waals surface area contributed by atoms with E-state index in [1.807, 2.05) is 6.07 Å². The Morgan fingerprint density at radius 2 is 2.00 bits per heavy atom. The number of hydrogen-bond donors (Lipinski definition) is 2. The molecule has 0 spiro atoms. The molecule has 0 saturated carbocycles. The monoisotopic (exact) mass is 273 g/mol. The molecule has 1 saturated heterocycles. The highest BCUT2D eigenvalue weighted by Gasteiger charge is 2.27. The molecule has 1 aromatic carbocycles. The van der Waals surface area contributed by atoms with Gasteiger partial charge in [0.15, 0.2) is 0 Å². The largest absolute Gasteiger partial charge is 0.382 e. The smallest absolute Gasteiger partial charge is 0.259 e. The van der Waals surface area contributed by atoms with Crippen molar-refractivity contribution in [1.82, 2.24) is 10.2 Å². The molecule has 106 valence electrons. The quantitative estimate of drug-likeness (QED) is 0.801. The number of hydrogen-bond acceptors (Lipinski definition) is 4. The summed E-state index contributed by atoms with van der Waals surface area (Å²) in [5.41, 5.74) is 1.86. The standard InChI is InChI=1S/C15H19N3O2/c1-9-7-11(5-6-18(9)2)16-10-3-4-12-13(8-10)15(20)17-14(12)19/h3-4,8-9,11,16H,5-7H2,1-2H3,(H,17,19,20). The van der Waals surface area contributed by atoms with Crippen LogP contribution in [0.5, 0.6) is 0 Å². The fourth-order valence-corrected chi connectivity index (χ4v) is 2.91. The Kier molecular flexibility index (Phi) is 3.22. The first-order valence-corrected chi connectivity index (χ1v) is 7.01. The zero-order valence-electron chi connectivity index (χ0n) is 11.8. The maximum atomic E-state index is 11.6. The number of likely N-dealkylation sites (tertiary alicyclic amines) is 1. The average Bonchev–Trinajstić information content (AvgIpc) is 2.69. The van der Waals surface area contributed by atoms with Crippen molar-refractivity contribution in [1.29, 1.82) is 0 Å². The molecule has 1 aromatic rings. The number of rotatable bonds is 2. The zero-order valence-corrected chi connectivity index (χ0v) is 11.8. The highest BCUT2D eigenvalue weighted by molar-refractivity contribution is 6.21. The van der Waals surface area contributed by atoms with Crippen LogP contribution in [0.1, 0.15) is 40.5 Å². The van der Waals surface area contributed by atoms with Gasteiger partial charge >= 0.3 is 0 Å². The van der Waals surface area contributed by atoms with Gasteiger partial charge in [-0.25, -0.2) is 0 Å². The molecule has 2 aliphatic rings. The number of carbonyl (C=O) groups is 2. The summed E-state index contributed by atoms with van der Waals surface area (Å²) < 4.78 is 0. The Morgan fingerprint density at radius 1 is 1.25 bits per heavy atom. The Balaban J connectivity index is 1.75. The molecule has 5 nitrogen and oxygen atoms in total. The Morgan fingerprint density at radius 3 is 2.75 bits per heavy atom. The second-order valence-corrected chi connectivity index (χ2v) is 5.74. The van der Waals surface area contributed by atoms with E-state index < -0.39 is 0 Å². The van der Waals surface area contributed by atoms with Crippen molar-refractivity contribution in [2.45, 2.75) is 31.8 Å². The highest BCUT2D eigenvalue weighted by atomic mass is 16.2. The van der Waals surface area contributed by atoms with Crippen LogP contribution in [0.3, 0.4) is 0 Å². The van der Waals surface area contributed by atoms with E-state index >= 15 is 0 Å². The third-order valence-electron chi connectivity index (χ3n) is 4.32. The summed E-state index contributed by atoms with van der Waals surface area (Å²) in [4.78, 5) is 25.5. The summed E-state index contributed by atoms with van der Waals surface area (Å²) in [6.45, 7) is 3.30. The van der Waals surface area contributed by atoms with Crippen molar-refractivity contribution in [3.05, 3.63) is 29.3 Å². The number of carbonyl (C=O) groups excluding carboxylic acids is 2. The van der Waals surface area contributed by atoms with Gasteiger partial charge in [0.2, 0.25) is 0 Å². The molecule has 2 heterocycles. The van der Waals surface area contributed by atoms with Gasteiger partial charge in [-0.3, -0.25) is 14.9 Å². The Labute approximate surface area is 118 Å². The van der Waals surface area contributed by atoms with E-state index in [4.69, 9.17) is 0 Å². The molecular formula is C15H19N3O2. The Bertz CT molecular complexity index is 570. The molecule has 2 aliphatic heterocycles. The van der Waals surface area contributed by atoms with Crippen LogP contribution >= 0.6 is 0 Å². The van der Waals surface area contributed by atoms with Crippen molar-refractivity contribution in [3.63, 3.8) is 0 Å². The molecule has 0 radical (unpaired) electrons. The molecule has 2 unspecified atom stereocenters. The third kappa shape index (κ3) is 2.29. The van der Waals surface area contributed by atoms with Crippen LogP contribution in [0.25, 0.3) is 0 Å². The molecule has 5 heteroatoms. The summed E-state index contributed by atoms with van der Waals surface area (Å²) in [5.74, 6) is -0.602. The fraction of sp³-hybridized carbons (Fsp3) is 0.467. The van der Waals surface area contributed by atoms with Crippen LogP contribution in [0.2, 0.25) is 0 Å². The van der Waals surface area contributed by atoms with Crippen LogP contribution in [0, 0.1) is 0 Å². The van der Waals surface area contributed by atoms with Gasteiger partial charge in [-0.1, -0.05) is 0 Å². The predicted octanol–water partition coefficient (Wildman–Crippen LogP) is 1.46. The van der Waals surface area contributed by atoms with Crippen LogP contribution in [-0.2, 0) is 0 Å². The van der Waals surface area contributed by atoms with Gasteiger partial charge in [-0.2, -0.15) is 0 Å². The van der Waals surface area contributed by atoms with E-state index in [0.29, 0.717) is 23.2 Å². The van der Waals surface area contributed by atoms with Crippen LogP contribution < -0.4 is 10.6 Å². The first kappa shape index (κ1) is 13.1. The number of amides is 2. The van der Waals surface area contributed by atoms with Crippen molar-refractivity contribution in [2.24, 2.45) is 0 Å². The molecule has 1 fully saturated rings. The summed E-state index contributed by atoms with van der Waals surface area (Å²) >= 11 is 0. The molecule has 2 atom stereocenters. The number of nitrogens with one attached hydrogen (secondary N) is 2. The maximum absolute atomic E-state index is 11.6. The molecule has 3 rings (SSSR count). The molecule has 2 N–H and O–H groups in total. The molecule has 0 aliphatic carbocycles. The lowest BCUT2D eigenvalue weighted by atomic mass is 9.98. The predicted molar refractivity (Wildman–Crippen MR) is 77.0 cm³/mol. The average molecular weight is 273 g/mol. The summed E-state index contributed by atoms with van der Waals surface area (Å²) in [6, 6.07) is 6.34. The van der Waals surface area contributed by atoms with Crippen LogP contribution in [0.15, 0.2) is 18.2 Å². The molecule has 2 amide bonds. The van der Waals surface area contributed by atoms with Crippen molar-refractivity contribution < 1.29 is 9.59 Å². The third-order valence-corrected chi connectivity index (χ3v) is 4.32. The van der Waals surface area contributed by atoms with E-state index in [1.54, 1.807) is 12.1 Å². The van der Waals surface area contributed by atoms with Gasteiger partial charge in [-0.05, 0) is 45.0 Å². The lowest BCUT2D eigenvalue weighted by Crippen LogP contribution is -2.42. The van der Waals surface area contributed by atoms with Gasteiger partial charge in [0.1, 0.15) is 0 Å². The fourth-order valence-electron chi connectivity index (χ4n) is 2.91. The second-order valence-electron chi connectivity index (χ2n) is 5.74. The maximum Gasteiger partial charge on any atom is 0.259 e. The van der Waals surface area contributed by atoms with Gasteiger partial charge in [-0.15, -0.1) is 0 Å². The van der Waals surface area contributed by atoms with E-state index in [9.17, 15) is 9.59 Å². The number of benzene rings is 1. The first-order valence-electron chi connectivity index (χ1n) is 7.01. The normalized spacial score (nSPS) is 26.3. The summed E-state index contributed by atoms with van der Waals surface area (Å²) in [7, 11) is 2.15. The molecule has 20 heavy (non-hydrogen) atoms. The van der Waals surface area contributed by atoms with Crippen molar-refractivity contribution in [2.75, 3.05) is 18.9 Å². The number of imide groups is 1. The minimum absolute atomic E-state index is 0.301. The van der Waals surface area contributed by atoms with Gasteiger partial charge < -0.3 is 10.2 Å². The van der Waals surface area contributed by atoms with E-state index in [0.717, 1.165) is 25.1 Å². The molecule has 0 bridgehead atoms. The number of piperidine rings is 1. The Hall–Kier alpha value is -1.88. The SMILES string of the molecule is CC1CC(Nc2ccc3c(c2)C(=O)NC3=O)CCN1C. The van der Waals surface area contributed by atoms with Gasteiger partial charge in [0.25, 0.3) is 11.8 Å². The second kappa shape index (κ2) is 4.90. The van der Waals surface area contributed by atoms with Gasteiger partial charge in [0, 0.05) is 24.3 Å². The summed E-state index contributed by atoms with van der Waals surface area (Å²) in [5, 5.41) is 5.79. The number of anilines is 1. The highest BCUT2D eigenvalue weighted by Crippen LogP contribution is 2.24. The van der Waals surface area contributed by atoms with E-state index in [2.05, 4.69) is 29.5 Å². The number of fused-ring (bicyclic) bond motifs is 1. The topological polar surface area (TPSA) is 61.4 Å². The molecular weight excluding hydrogens is 254 g/mol. The molecule has 0 aromatic heterocycles.